The van der Waals surface area contributed by atoms with Crippen LogP contribution in [-0.2, 0) is 14.3 Å². The lowest BCUT2D eigenvalue weighted by Crippen LogP contribution is -2.33. The Hall–Kier alpha value is -3.61. The van der Waals surface area contributed by atoms with Crippen molar-refractivity contribution in [2.45, 2.75) is 81.2 Å². The minimum absolute atomic E-state index is 0.136. The molecule has 1 aromatic carbocycles. The van der Waals surface area contributed by atoms with Gasteiger partial charge in [-0.05, 0) is 50.8 Å². The number of hydrogen-bond donors (Lipinski definition) is 2. The molecular weight excluding hydrogens is 552 g/mol. The molecular formula is C30H34N8O3S. The zero-order chi connectivity index (χ0) is 28.8. The Balaban J connectivity index is 1.20. The minimum Gasteiger partial charge on any atom is -0.365 e. The summed E-state index contributed by atoms with van der Waals surface area (Å²) in [5.41, 5.74) is 3.21. The van der Waals surface area contributed by atoms with E-state index in [1.54, 1.807) is 30.2 Å². The third-order valence-corrected chi connectivity index (χ3v) is 9.15. The first-order valence-corrected chi connectivity index (χ1v) is 15.5. The van der Waals surface area contributed by atoms with Gasteiger partial charge >= 0.3 is 0 Å². The summed E-state index contributed by atoms with van der Waals surface area (Å²) >= 11 is 1.62. The highest BCUT2D eigenvalue weighted by Crippen LogP contribution is 2.48. The normalized spacial score (nSPS) is 27.6. The molecule has 3 aliphatic rings. The maximum absolute atomic E-state index is 13.5. The van der Waals surface area contributed by atoms with E-state index in [9.17, 15) is 4.79 Å². The average Bonchev–Trinajstić information content (AvgIpc) is 3.31. The lowest BCUT2D eigenvalue weighted by atomic mass is 10.0. The van der Waals surface area contributed by atoms with Gasteiger partial charge in [0.25, 0.3) is 0 Å². The van der Waals surface area contributed by atoms with Gasteiger partial charge in [-0.2, -0.15) is 0 Å². The molecule has 1 aliphatic heterocycles. The molecule has 42 heavy (non-hydrogen) atoms. The van der Waals surface area contributed by atoms with Crippen molar-refractivity contribution in [2.75, 3.05) is 16.4 Å². The van der Waals surface area contributed by atoms with Crippen LogP contribution in [0.1, 0.15) is 57.6 Å². The largest absolute Gasteiger partial charge is 0.365 e. The number of carbonyl (C=O) groups excluding carboxylic acids is 1. The quantitative estimate of drug-likeness (QED) is 0.208. The Morgan fingerprint density at radius 1 is 1.10 bits per heavy atom. The lowest BCUT2D eigenvalue weighted by molar-refractivity contribution is -0.162. The summed E-state index contributed by atoms with van der Waals surface area (Å²) < 4.78 is 14.5. The molecule has 0 radical (unpaired) electrons. The summed E-state index contributed by atoms with van der Waals surface area (Å²) in [4.78, 5) is 27.4. The molecule has 2 N–H and O–H groups in total. The van der Waals surface area contributed by atoms with Crippen molar-refractivity contribution in [1.82, 2.24) is 29.9 Å². The van der Waals surface area contributed by atoms with Crippen molar-refractivity contribution >= 4 is 40.3 Å². The van der Waals surface area contributed by atoms with E-state index in [0.29, 0.717) is 40.2 Å². The van der Waals surface area contributed by atoms with E-state index in [1.165, 1.54) is 5.56 Å². The standard InChI is InChI=1S/C30H34N8O3S/c1-4-13-42-29-34-26(33-21-14-19(21)17-9-6-5-7-10-17)23-27(35-29)38(37-36-23)22-15-20(24-25(22)41-30(2,3)40-24)28(39)32-18-11-8-12-31-16-18/h5-12,16,19-22,24-25H,4,13-15H2,1-3H3,(H,32,39)(H,33,34,35). The number of benzene rings is 1. The van der Waals surface area contributed by atoms with Gasteiger partial charge in [0.05, 0.1) is 23.8 Å². The van der Waals surface area contributed by atoms with Crippen LogP contribution >= 0.6 is 11.8 Å². The molecule has 6 unspecified atom stereocenters. The Bertz CT molecular complexity index is 1580. The predicted molar refractivity (Wildman–Crippen MR) is 159 cm³/mol. The Labute approximate surface area is 248 Å². The number of amides is 1. The van der Waals surface area contributed by atoms with Gasteiger partial charge in [-0.1, -0.05) is 54.2 Å². The van der Waals surface area contributed by atoms with E-state index in [-0.39, 0.29) is 18.0 Å². The van der Waals surface area contributed by atoms with Gasteiger partial charge in [-0.3, -0.25) is 9.78 Å². The molecule has 0 bridgehead atoms. The van der Waals surface area contributed by atoms with Crippen molar-refractivity contribution in [1.29, 1.82) is 0 Å². The number of anilines is 2. The van der Waals surface area contributed by atoms with Crippen LogP contribution in [0.15, 0.2) is 60.0 Å². The molecule has 7 rings (SSSR count). The topological polar surface area (TPSA) is 129 Å². The number of aromatic nitrogens is 6. The third kappa shape index (κ3) is 5.23. The van der Waals surface area contributed by atoms with Crippen LogP contribution in [0.2, 0.25) is 0 Å². The molecule has 11 nitrogen and oxygen atoms in total. The number of hydrogen-bond acceptors (Lipinski definition) is 10. The smallest absolute Gasteiger partial charge is 0.230 e. The molecule has 3 aromatic heterocycles. The maximum Gasteiger partial charge on any atom is 0.230 e. The van der Waals surface area contributed by atoms with Crippen LogP contribution in [0.5, 0.6) is 0 Å². The van der Waals surface area contributed by atoms with E-state index in [1.807, 2.05) is 30.7 Å². The van der Waals surface area contributed by atoms with Gasteiger partial charge in [0.2, 0.25) is 5.91 Å². The highest BCUT2D eigenvalue weighted by atomic mass is 32.2. The number of thioether (sulfide) groups is 1. The summed E-state index contributed by atoms with van der Waals surface area (Å²) in [6, 6.07) is 14.1. The Morgan fingerprint density at radius 3 is 2.71 bits per heavy atom. The molecule has 2 aliphatic carbocycles. The molecule has 3 fully saturated rings. The van der Waals surface area contributed by atoms with Crippen LogP contribution in [0.4, 0.5) is 11.5 Å². The zero-order valence-corrected chi connectivity index (χ0v) is 24.6. The first-order valence-electron chi connectivity index (χ1n) is 14.5. The van der Waals surface area contributed by atoms with Gasteiger partial charge in [-0.25, -0.2) is 14.6 Å². The molecule has 2 saturated carbocycles. The average molecular weight is 587 g/mol. The molecule has 1 amide bonds. The fraction of sp³-hybridized carbons (Fsp3) is 0.467. The van der Waals surface area contributed by atoms with E-state index < -0.39 is 23.9 Å². The molecule has 4 heterocycles. The number of nitrogens with one attached hydrogen (secondary N) is 2. The third-order valence-electron chi connectivity index (χ3n) is 8.09. The van der Waals surface area contributed by atoms with Gasteiger partial charge in [-0.15, -0.1) is 5.10 Å². The van der Waals surface area contributed by atoms with Gasteiger partial charge in [0.15, 0.2) is 27.9 Å². The molecule has 218 valence electrons. The number of ether oxygens (including phenoxy) is 2. The number of nitrogens with zero attached hydrogens (tertiary/aromatic N) is 6. The van der Waals surface area contributed by atoms with Crippen LogP contribution < -0.4 is 10.6 Å². The molecule has 6 atom stereocenters. The predicted octanol–water partition coefficient (Wildman–Crippen LogP) is 4.81. The van der Waals surface area contributed by atoms with E-state index in [4.69, 9.17) is 19.4 Å². The van der Waals surface area contributed by atoms with Gasteiger partial charge in [0.1, 0.15) is 12.2 Å². The number of pyridine rings is 1. The minimum atomic E-state index is -0.834. The monoisotopic (exact) mass is 586 g/mol. The highest BCUT2D eigenvalue weighted by molar-refractivity contribution is 7.99. The fourth-order valence-corrected chi connectivity index (χ4v) is 6.81. The van der Waals surface area contributed by atoms with Crippen LogP contribution in [0.3, 0.4) is 0 Å². The van der Waals surface area contributed by atoms with E-state index in [0.717, 1.165) is 18.6 Å². The first-order chi connectivity index (χ1) is 20.4. The van der Waals surface area contributed by atoms with Gasteiger partial charge < -0.3 is 20.1 Å². The van der Waals surface area contributed by atoms with Crippen molar-refractivity contribution in [3.8, 4) is 0 Å². The number of fused-ring (bicyclic) bond motifs is 2. The summed E-state index contributed by atoms with van der Waals surface area (Å²) in [6.07, 6.45) is 4.98. The van der Waals surface area contributed by atoms with Crippen molar-refractivity contribution in [3.05, 3.63) is 60.4 Å². The second-order valence-electron chi connectivity index (χ2n) is 11.6. The number of carbonyl (C=O) groups is 1. The highest BCUT2D eigenvalue weighted by Gasteiger charge is 2.57. The second kappa shape index (κ2) is 10.9. The Kier molecular flexibility index (Phi) is 7.07. The first kappa shape index (κ1) is 27.2. The maximum atomic E-state index is 13.5. The summed E-state index contributed by atoms with van der Waals surface area (Å²) in [5, 5.41) is 16.5. The van der Waals surface area contributed by atoms with Gasteiger partial charge in [0, 0.05) is 23.9 Å². The molecule has 0 spiro atoms. The molecule has 4 aromatic rings. The SMILES string of the molecule is CCCSc1nc(NC2CC2c2ccccc2)c2nnn(C3CC(C(=O)Nc4cccnc4)C4OC(C)(C)OC43)c2n1. The molecule has 1 saturated heterocycles. The lowest BCUT2D eigenvalue weighted by Gasteiger charge is -2.23. The Morgan fingerprint density at radius 2 is 1.93 bits per heavy atom. The second-order valence-corrected chi connectivity index (χ2v) is 12.7. The van der Waals surface area contributed by atoms with Crippen LogP contribution in [0, 0.1) is 5.92 Å². The summed E-state index contributed by atoms with van der Waals surface area (Å²) in [6.45, 7) is 5.89. The van der Waals surface area contributed by atoms with E-state index >= 15 is 0 Å². The van der Waals surface area contributed by atoms with Crippen molar-refractivity contribution < 1.29 is 14.3 Å². The van der Waals surface area contributed by atoms with Crippen LogP contribution in [-0.4, -0.2) is 65.6 Å². The van der Waals surface area contributed by atoms with Crippen molar-refractivity contribution in [2.24, 2.45) is 5.92 Å². The fourth-order valence-electron chi connectivity index (χ4n) is 6.11. The van der Waals surface area contributed by atoms with Crippen LogP contribution in [0.25, 0.3) is 11.2 Å². The van der Waals surface area contributed by atoms with Crippen molar-refractivity contribution in [3.63, 3.8) is 0 Å². The molecule has 12 heteroatoms. The summed E-state index contributed by atoms with van der Waals surface area (Å²) in [7, 11) is 0. The van der Waals surface area contributed by atoms with E-state index in [2.05, 4.69) is 57.1 Å². The number of rotatable bonds is 9. The zero-order valence-electron chi connectivity index (χ0n) is 23.8. The summed E-state index contributed by atoms with van der Waals surface area (Å²) in [5.74, 6) is 0.602.